The topological polar surface area (TPSA) is 12.9 Å². The van der Waals surface area contributed by atoms with Crippen molar-refractivity contribution in [2.24, 2.45) is 0 Å². The van der Waals surface area contributed by atoms with E-state index in [1.165, 1.54) is 11.1 Å². The van der Waals surface area contributed by atoms with Crippen molar-refractivity contribution in [1.29, 1.82) is 0 Å². The quantitative estimate of drug-likeness (QED) is 0.747. The Balaban J connectivity index is 2.55. The van der Waals surface area contributed by atoms with Gasteiger partial charge in [0.1, 0.15) is 0 Å². The van der Waals surface area contributed by atoms with Gasteiger partial charge in [0.15, 0.2) is 0 Å². The lowest BCUT2D eigenvalue weighted by Gasteiger charge is -2.02. The second-order valence-corrected chi connectivity index (χ2v) is 4.43. The van der Waals surface area contributed by atoms with Crippen LogP contribution in [0.1, 0.15) is 24.6 Å². The highest BCUT2D eigenvalue weighted by Crippen LogP contribution is 2.36. The molecule has 0 saturated carbocycles. The third-order valence-electron chi connectivity index (χ3n) is 2.27. The molecule has 1 aliphatic carbocycles. The van der Waals surface area contributed by atoms with E-state index >= 15 is 0 Å². The zero-order chi connectivity index (χ0) is 9.42. The third kappa shape index (κ3) is 1.53. The maximum atomic E-state index is 6.12. The van der Waals surface area contributed by atoms with Gasteiger partial charge in [0.2, 0.25) is 0 Å². The molecule has 0 spiro atoms. The summed E-state index contributed by atoms with van der Waals surface area (Å²) in [5.74, 6) is 0. The van der Waals surface area contributed by atoms with Gasteiger partial charge in [0.05, 0.1) is 5.69 Å². The van der Waals surface area contributed by atoms with Gasteiger partial charge in [-0.3, -0.25) is 4.98 Å². The molecule has 1 nitrogen and oxygen atoms in total. The Kier molecular flexibility index (Phi) is 2.43. The Labute approximate surface area is 91.0 Å². The number of fused-ring (bicyclic) bond motifs is 1. The fourth-order valence-electron chi connectivity index (χ4n) is 1.65. The summed E-state index contributed by atoms with van der Waals surface area (Å²) in [6.07, 6.45) is 3.60. The number of rotatable bonds is 1. The van der Waals surface area contributed by atoms with Gasteiger partial charge in [0.25, 0.3) is 0 Å². The number of hydrogen-bond donors (Lipinski definition) is 0. The summed E-state index contributed by atoms with van der Waals surface area (Å²) >= 11 is 9.53. The first kappa shape index (κ1) is 9.22. The van der Waals surface area contributed by atoms with Gasteiger partial charge in [-0.2, -0.15) is 0 Å². The van der Waals surface area contributed by atoms with Crippen LogP contribution in [-0.2, 0) is 6.42 Å². The molecular weight excluding hydrogens is 249 g/mol. The summed E-state index contributed by atoms with van der Waals surface area (Å²) in [6.45, 7) is 2.12. The van der Waals surface area contributed by atoms with E-state index in [1.54, 1.807) is 0 Å². The smallest absolute Gasteiger partial charge is 0.0532 e. The van der Waals surface area contributed by atoms with E-state index in [2.05, 4.69) is 33.9 Å². The van der Waals surface area contributed by atoms with E-state index in [4.69, 9.17) is 11.6 Å². The molecule has 0 radical (unpaired) electrons. The van der Waals surface area contributed by atoms with Crippen LogP contribution in [-0.4, -0.2) is 4.98 Å². The molecule has 2 rings (SSSR count). The summed E-state index contributed by atoms with van der Waals surface area (Å²) in [4.78, 5) is 4.33. The number of halogens is 2. The van der Waals surface area contributed by atoms with Gasteiger partial charge in [-0.15, -0.1) is 0 Å². The maximum absolute atomic E-state index is 6.12. The molecule has 13 heavy (non-hydrogen) atoms. The molecule has 3 heteroatoms. The Hall–Kier alpha value is -0.340. The van der Waals surface area contributed by atoms with Crippen molar-refractivity contribution in [2.45, 2.75) is 19.8 Å². The molecule has 0 fully saturated rings. The largest absolute Gasteiger partial charge is 0.259 e. The van der Waals surface area contributed by atoms with Gasteiger partial charge in [-0.05, 0) is 34.0 Å². The molecular formula is C10H9BrClN. The molecule has 0 aliphatic heterocycles. The Morgan fingerprint density at radius 2 is 2.38 bits per heavy atom. The fourth-order valence-corrected chi connectivity index (χ4v) is 2.35. The molecule has 68 valence electrons. The summed E-state index contributed by atoms with van der Waals surface area (Å²) in [5.41, 5.74) is 3.55. The first-order valence-electron chi connectivity index (χ1n) is 4.24. The van der Waals surface area contributed by atoms with Crippen LogP contribution in [0.5, 0.6) is 0 Å². The number of pyridine rings is 1. The summed E-state index contributed by atoms with van der Waals surface area (Å²) in [7, 11) is 0. The average molecular weight is 259 g/mol. The van der Waals surface area contributed by atoms with E-state index in [0.29, 0.717) is 0 Å². The van der Waals surface area contributed by atoms with E-state index in [9.17, 15) is 0 Å². The minimum atomic E-state index is 0.799. The van der Waals surface area contributed by atoms with E-state index < -0.39 is 0 Å². The van der Waals surface area contributed by atoms with E-state index in [1.807, 2.05) is 6.20 Å². The second kappa shape index (κ2) is 3.43. The standard InChI is InChI=1S/C10H9BrClN/c1-2-7-8-3-6(11)5-13-10(8)4-9(7)12/h3,5H,2,4H2,1H3. The number of aromatic nitrogens is 1. The molecule has 1 aromatic heterocycles. The van der Waals surface area contributed by atoms with Crippen molar-refractivity contribution in [3.05, 3.63) is 33.0 Å². The number of nitrogens with zero attached hydrogens (tertiary/aromatic N) is 1. The predicted molar refractivity (Wildman–Crippen MR) is 58.7 cm³/mol. The molecule has 1 aliphatic rings. The summed E-state index contributed by atoms with van der Waals surface area (Å²) in [5, 5.41) is 0.947. The lowest BCUT2D eigenvalue weighted by atomic mass is 10.1. The van der Waals surface area contributed by atoms with Crippen molar-refractivity contribution >= 4 is 33.1 Å². The average Bonchev–Trinajstić information content (AvgIpc) is 2.40. The summed E-state index contributed by atoms with van der Waals surface area (Å²) < 4.78 is 1.02. The molecule has 0 bridgehead atoms. The number of hydrogen-bond acceptors (Lipinski definition) is 1. The van der Waals surface area contributed by atoms with Crippen LogP contribution in [0.3, 0.4) is 0 Å². The summed E-state index contributed by atoms with van der Waals surface area (Å²) in [6, 6.07) is 2.09. The van der Waals surface area contributed by atoms with Gasteiger partial charge >= 0.3 is 0 Å². The zero-order valence-corrected chi connectivity index (χ0v) is 9.61. The van der Waals surface area contributed by atoms with Crippen LogP contribution >= 0.6 is 27.5 Å². The second-order valence-electron chi connectivity index (χ2n) is 3.06. The SMILES string of the molecule is CCC1=C(Cl)Cc2ncc(Br)cc21. The van der Waals surface area contributed by atoms with Gasteiger partial charge in [-0.25, -0.2) is 0 Å². The third-order valence-corrected chi connectivity index (χ3v) is 3.06. The monoisotopic (exact) mass is 257 g/mol. The van der Waals surface area contributed by atoms with Gasteiger partial charge in [-0.1, -0.05) is 18.5 Å². The van der Waals surface area contributed by atoms with Crippen molar-refractivity contribution in [2.75, 3.05) is 0 Å². The van der Waals surface area contributed by atoms with Crippen LogP contribution in [0.15, 0.2) is 21.8 Å². The Bertz CT molecular complexity index is 385. The molecule has 1 aromatic rings. The highest BCUT2D eigenvalue weighted by molar-refractivity contribution is 9.10. The highest BCUT2D eigenvalue weighted by atomic mass is 79.9. The lowest BCUT2D eigenvalue weighted by Crippen LogP contribution is -1.88. The maximum Gasteiger partial charge on any atom is 0.0532 e. The van der Waals surface area contributed by atoms with Crippen LogP contribution in [0, 0.1) is 0 Å². The fraction of sp³-hybridized carbons (Fsp3) is 0.300. The molecule has 0 unspecified atom stereocenters. The van der Waals surface area contributed by atoms with E-state index in [0.717, 1.165) is 28.0 Å². The van der Waals surface area contributed by atoms with Crippen molar-refractivity contribution in [3.8, 4) is 0 Å². The van der Waals surface area contributed by atoms with Crippen LogP contribution in [0.2, 0.25) is 0 Å². The minimum Gasteiger partial charge on any atom is -0.259 e. The van der Waals surface area contributed by atoms with Crippen molar-refractivity contribution in [1.82, 2.24) is 4.98 Å². The molecule has 0 N–H and O–H groups in total. The minimum absolute atomic E-state index is 0.799. The Morgan fingerprint density at radius 1 is 1.62 bits per heavy atom. The lowest BCUT2D eigenvalue weighted by molar-refractivity contribution is 1.11. The molecule has 1 heterocycles. The van der Waals surface area contributed by atoms with Gasteiger partial charge < -0.3 is 0 Å². The molecule has 0 amide bonds. The molecule has 0 atom stereocenters. The van der Waals surface area contributed by atoms with Gasteiger partial charge in [0, 0.05) is 27.7 Å². The highest BCUT2D eigenvalue weighted by Gasteiger charge is 2.19. The number of allylic oxidation sites excluding steroid dienone is 2. The van der Waals surface area contributed by atoms with E-state index in [-0.39, 0.29) is 0 Å². The molecule has 0 aromatic carbocycles. The van der Waals surface area contributed by atoms with Crippen molar-refractivity contribution in [3.63, 3.8) is 0 Å². The predicted octanol–water partition coefficient (Wildman–Crippen LogP) is 3.76. The van der Waals surface area contributed by atoms with Crippen molar-refractivity contribution < 1.29 is 0 Å². The first-order chi connectivity index (χ1) is 6.22. The Morgan fingerprint density at radius 3 is 3.08 bits per heavy atom. The van der Waals surface area contributed by atoms with Crippen LogP contribution in [0.25, 0.3) is 5.57 Å². The molecule has 0 saturated heterocycles. The first-order valence-corrected chi connectivity index (χ1v) is 5.41. The van der Waals surface area contributed by atoms with Crippen LogP contribution < -0.4 is 0 Å². The zero-order valence-electron chi connectivity index (χ0n) is 7.27. The normalized spacial score (nSPS) is 15.0. The van der Waals surface area contributed by atoms with Crippen LogP contribution in [0.4, 0.5) is 0 Å².